The van der Waals surface area contributed by atoms with Gasteiger partial charge in [0.2, 0.25) is 0 Å². The summed E-state index contributed by atoms with van der Waals surface area (Å²) >= 11 is 6.16. The maximum atomic E-state index is 13.2. The van der Waals surface area contributed by atoms with Crippen LogP contribution in [-0.4, -0.2) is 5.16 Å². The summed E-state index contributed by atoms with van der Waals surface area (Å²) in [7, 11) is 0. The van der Waals surface area contributed by atoms with Crippen LogP contribution in [0.15, 0.2) is 59.1 Å². The monoisotopic (exact) mass is 344 g/mol. The lowest BCUT2D eigenvalue weighted by molar-refractivity contribution is 0.334. The number of hydrogen-bond acceptors (Lipinski definition) is 3. The van der Waals surface area contributed by atoms with Crippen molar-refractivity contribution in [1.29, 1.82) is 0 Å². The van der Waals surface area contributed by atoms with E-state index in [1.165, 1.54) is 12.1 Å². The Morgan fingerprint density at radius 1 is 1.12 bits per heavy atom. The Labute approximate surface area is 145 Å². The molecule has 0 aliphatic rings. The zero-order chi connectivity index (χ0) is 17.2. The minimum absolute atomic E-state index is 0.345. The largest absolute Gasteiger partial charge is 0.359 e. The Morgan fingerprint density at radius 2 is 1.88 bits per heavy atom. The SMILES string of the molecule is CC(C)(NCc1cc(-c2ccccc2)no1)c1ccc(F)cc1Cl. The molecule has 1 N–H and O–H groups in total. The normalized spacial score (nSPS) is 11.7. The molecular weight excluding hydrogens is 327 g/mol. The molecule has 3 aromatic rings. The second-order valence-electron chi connectivity index (χ2n) is 6.15. The van der Waals surface area contributed by atoms with Gasteiger partial charge >= 0.3 is 0 Å². The first-order chi connectivity index (χ1) is 11.5. The Balaban J connectivity index is 1.72. The molecule has 0 amide bonds. The van der Waals surface area contributed by atoms with Gasteiger partial charge in [0.1, 0.15) is 11.5 Å². The van der Waals surface area contributed by atoms with Crippen molar-refractivity contribution in [3.63, 3.8) is 0 Å². The van der Waals surface area contributed by atoms with Crippen LogP contribution in [-0.2, 0) is 12.1 Å². The van der Waals surface area contributed by atoms with E-state index in [-0.39, 0.29) is 5.82 Å². The summed E-state index contributed by atoms with van der Waals surface area (Å²) in [6.07, 6.45) is 0. The second-order valence-corrected chi connectivity index (χ2v) is 6.55. The summed E-state index contributed by atoms with van der Waals surface area (Å²) in [6, 6.07) is 16.2. The first-order valence-corrected chi connectivity index (χ1v) is 8.05. The molecular formula is C19H18ClFN2O. The number of benzene rings is 2. The number of nitrogens with one attached hydrogen (secondary N) is 1. The highest BCUT2D eigenvalue weighted by Gasteiger charge is 2.23. The lowest BCUT2D eigenvalue weighted by Gasteiger charge is -2.27. The molecule has 1 heterocycles. The maximum absolute atomic E-state index is 13.2. The van der Waals surface area contributed by atoms with Crippen LogP contribution in [0.2, 0.25) is 5.02 Å². The number of rotatable bonds is 5. The summed E-state index contributed by atoms with van der Waals surface area (Å²) in [6.45, 7) is 4.46. The molecule has 0 fully saturated rings. The minimum atomic E-state index is -0.440. The van der Waals surface area contributed by atoms with Crippen molar-refractivity contribution in [1.82, 2.24) is 10.5 Å². The van der Waals surface area contributed by atoms with Crippen molar-refractivity contribution in [2.24, 2.45) is 0 Å². The fraction of sp³-hybridized carbons (Fsp3) is 0.211. The first-order valence-electron chi connectivity index (χ1n) is 7.67. The van der Waals surface area contributed by atoms with Gasteiger partial charge in [-0.25, -0.2) is 4.39 Å². The smallest absolute Gasteiger partial charge is 0.151 e. The molecule has 0 radical (unpaired) electrons. The van der Waals surface area contributed by atoms with Gasteiger partial charge in [0, 0.05) is 22.2 Å². The average Bonchev–Trinajstić information content (AvgIpc) is 3.02. The van der Waals surface area contributed by atoms with E-state index in [0.29, 0.717) is 11.6 Å². The van der Waals surface area contributed by atoms with Crippen molar-refractivity contribution >= 4 is 11.6 Å². The molecule has 0 atom stereocenters. The number of aromatic nitrogens is 1. The van der Waals surface area contributed by atoms with Crippen molar-refractivity contribution in [2.75, 3.05) is 0 Å². The van der Waals surface area contributed by atoms with Crippen molar-refractivity contribution in [3.8, 4) is 11.3 Å². The van der Waals surface area contributed by atoms with Crippen LogP contribution in [0.1, 0.15) is 25.2 Å². The van der Waals surface area contributed by atoms with E-state index in [0.717, 1.165) is 22.6 Å². The Morgan fingerprint density at radius 3 is 2.58 bits per heavy atom. The van der Waals surface area contributed by atoms with Gasteiger partial charge in [0.05, 0.1) is 6.54 Å². The Bertz CT molecular complexity index is 830. The fourth-order valence-corrected chi connectivity index (χ4v) is 2.94. The van der Waals surface area contributed by atoms with Gasteiger partial charge < -0.3 is 9.84 Å². The highest BCUT2D eigenvalue weighted by atomic mass is 35.5. The van der Waals surface area contributed by atoms with Crippen molar-refractivity contribution < 1.29 is 8.91 Å². The molecule has 5 heteroatoms. The highest BCUT2D eigenvalue weighted by molar-refractivity contribution is 6.31. The van der Waals surface area contributed by atoms with E-state index in [2.05, 4.69) is 10.5 Å². The fourth-order valence-electron chi connectivity index (χ4n) is 2.54. The third-order valence-electron chi connectivity index (χ3n) is 3.94. The van der Waals surface area contributed by atoms with Crippen LogP contribution in [0, 0.1) is 5.82 Å². The Kier molecular flexibility index (Phi) is 4.69. The molecule has 0 saturated carbocycles. The van der Waals surface area contributed by atoms with Crippen LogP contribution in [0.25, 0.3) is 11.3 Å². The Hall–Kier alpha value is -2.17. The van der Waals surface area contributed by atoms with Gasteiger partial charge in [-0.15, -0.1) is 0 Å². The zero-order valence-corrected chi connectivity index (χ0v) is 14.3. The number of nitrogens with zero attached hydrogens (tertiary/aromatic N) is 1. The predicted octanol–water partition coefficient (Wildman–Crippen LogP) is 5.16. The van der Waals surface area contributed by atoms with Crippen LogP contribution in [0.5, 0.6) is 0 Å². The average molecular weight is 345 g/mol. The van der Waals surface area contributed by atoms with Gasteiger partial charge in [0.25, 0.3) is 0 Å². The van der Waals surface area contributed by atoms with Gasteiger partial charge in [-0.3, -0.25) is 0 Å². The summed E-state index contributed by atoms with van der Waals surface area (Å²) in [5.41, 5.74) is 2.19. The minimum Gasteiger partial charge on any atom is -0.359 e. The van der Waals surface area contributed by atoms with Gasteiger partial charge in [-0.05, 0) is 31.5 Å². The molecule has 124 valence electrons. The summed E-state index contributed by atoms with van der Waals surface area (Å²) < 4.78 is 18.6. The maximum Gasteiger partial charge on any atom is 0.151 e. The van der Waals surface area contributed by atoms with E-state index < -0.39 is 5.54 Å². The van der Waals surface area contributed by atoms with Gasteiger partial charge in [-0.2, -0.15) is 0 Å². The molecule has 3 nitrogen and oxygen atoms in total. The van der Waals surface area contributed by atoms with Crippen molar-refractivity contribution in [3.05, 3.63) is 76.8 Å². The van der Waals surface area contributed by atoms with E-state index in [4.69, 9.17) is 16.1 Å². The highest BCUT2D eigenvalue weighted by Crippen LogP contribution is 2.29. The van der Waals surface area contributed by atoms with E-state index in [1.54, 1.807) is 6.07 Å². The molecule has 0 aliphatic heterocycles. The summed E-state index contributed by atoms with van der Waals surface area (Å²) in [4.78, 5) is 0. The second kappa shape index (κ2) is 6.75. The molecule has 0 saturated heterocycles. The molecule has 0 spiro atoms. The van der Waals surface area contributed by atoms with Gasteiger partial charge in [-0.1, -0.05) is 53.2 Å². The molecule has 2 aromatic carbocycles. The summed E-state index contributed by atoms with van der Waals surface area (Å²) in [5, 5.41) is 7.87. The first kappa shape index (κ1) is 16.7. The molecule has 0 unspecified atom stereocenters. The molecule has 24 heavy (non-hydrogen) atoms. The number of hydrogen-bond donors (Lipinski definition) is 1. The zero-order valence-electron chi connectivity index (χ0n) is 13.5. The van der Waals surface area contributed by atoms with Crippen LogP contribution < -0.4 is 5.32 Å². The van der Waals surface area contributed by atoms with Crippen LogP contribution in [0.4, 0.5) is 4.39 Å². The van der Waals surface area contributed by atoms with Gasteiger partial charge in [0.15, 0.2) is 5.76 Å². The number of halogens is 2. The van der Waals surface area contributed by atoms with E-state index >= 15 is 0 Å². The predicted molar refractivity (Wildman–Crippen MR) is 93.2 cm³/mol. The van der Waals surface area contributed by atoms with E-state index in [1.807, 2.05) is 50.2 Å². The quantitative estimate of drug-likeness (QED) is 0.694. The molecule has 1 aromatic heterocycles. The molecule has 0 bridgehead atoms. The lowest BCUT2D eigenvalue weighted by Crippen LogP contribution is -2.36. The topological polar surface area (TPSA) is 38.1 Å². The van der Waals surface area contributed by atoms with E-state index in [9.17, 15) is 4.39 Å². The molecule has 3 rings (SSSR count). The third kappa shape index (κ3) is 3.66. The lowest BCUT2D eigenvalue weighted by atomic mass is 9.94. The summed E-state index contributed by atoms with van der Waals surface area (Å²) in [5.74, 6) is 0.377. The standard InChI is InChI=1S/C19H18ClFN2O/c1-19(2,16-9-8-14(21)10-17(16)20)22-12-15-11-18(23-24-15)13-6-4-3-5-7-13/h3-11,22H,12H2,1-2H3. The third-order valence-corrected chi connectivity index (χ3v) is 4.25. The van der Waals surface area contributed by atoms with Crippen LogP contribution >= 0.6 is 11.6 Å². The van der Waals surface area contributed by atoms with Crippen molar-refractivity contribution in [2.45, 2.75) is 25.9 Å². The van der Waals surface area contributed by atoms with Crippen LogP contribution in [0.3, 0.4) is 0 Å². The molecule has 0 aliphatic carbocycles.